The van der Waals surface area contributed by atoms with Crippen LogP contribution in [0.4, 0.5) is 0 Å². The Balaban J connectivity index is 0. The quantitative estimate of drug-likeness (QED) is 0.491. The molecule has 2 aromatic carbocycles. The summed E-state index contributed by atoms with van der Waals surface area (Å²) in [5.41, 5.74) is 0. The summed E-state index contributed by atoms with van der Waals surface area (Å²) in [7, 11) is 0.777. The fraction of sp³-hybridized carbons (Fsp3) is 0. The third-order valence-corrected chi connectivity index (χ3v) is 3.08. The van der Waals surface area contributed by atoms with Crippen molar-refractivity contribution in [3.63, 3.8) is 0 Å². The molecule has 0 amide bonds. The van der Waals surface area contributed by atoms with Crippen LogP contribution in [-0.4, -0.2) is 0 Å². The van der Waals surface area contributed by atoms with Crippen molar-refractivity contribution in [1.82, 2.24) is 0 Å². The van der Waals surface area contributed by atoms with Crippen LogP contribution in [0.3, 0.4) is 0 Å². The molecule has 0 atom stereocenters. The van der Waals surface area contributed by atoms with E-state index in [-0.39, 0.29) is 51.0 Å². The molecular weight excluding hydrogens is 337 g/mol. The first-order valence-corrected chi connectivity index (χ1v) is 5.32. The van der Waals surface area contributed by atoms with Crippen LogP contribution in [0.25, 0.3) is 0 Å². The number of benzene rings is 2. The normalized spacial score (nSPS) is 8.00. The van der Waals surface area contributed by atoms with Gasteiger partial charge in [0.15, 0.2) is 0 Å². The van der Waals surface area contributed by atoms with Crippen LogP contribution in [0, 0.1) is 0 Å². The number of hydrogen-bond donors (Lipinski definition) is 0. The van der Waals surface area contributed by atoms with Gasteiger partial charge in [0.25, 0.3) is 0 Å². The Labute approximate surface area is 130 Å². The van der Waals surface area contributed by atoms with Gasteiger partial charge in [0.2, 0.25) is 0 Å². The summed E-state index contributed by atoms with van der Waals surface area (Å²) >= 11 is 0. The van der Waals surface area contributed by atoms with Crippen molar-refractivity contribution < 1.29 is 51.0 Å². The number of halogens is 2. The third-order valence-electron chi connectivity index (χ3n) is 1.84. The van der Waals surface area contributed by atoms with Gasteiger partial charge in [-0.3, -0.25) is 0 Å². The minimum atomic E-state index is 0. The first-order chi connectivity index (χ1) is 6.45. The van der Waals surface area contributed by atoms with Crippen molar-refractivity contribution in [2.45, 2.75) is 0 Å². The summed E-state index contributed by atoms with van der Waals surface area (Å²) in [5.74, 6) is 0. The Morgan fingerprint density at radius 2 is 0.875 bits per heavy atom. The fourth-order valence-electron chi connectivity index (χ4n) is 1.21. The van der Waals surface area contributed by atoms with Gasteiger partial charge in [-0.2, -0.15) is 0 Å². The zero-order valence-corrected chi connectivity index (χ0v) is 13.5. The van der Waals surface area contributed by atoms with Gasteiger partial charge in [-0.15, -0.1) is 0 Å². The maximum atomic E-state index is 2.17. The van der Waals surface area contributed by atoms with Crippen LogP contribution in [0.2, 0.25) is 0 Å². The van der Waals surface area contributed by atoms with Crippen molar-refractivity contribution in [1.29, 1.82) is 0 Å². The van der Waals surface area contributed by atoms with Crippen molar-refractivity contribution in [2.75, 3.05) is 0 Å². The minimum absolute atomic E-state index is 0. The Kier molecular flexibility index (Phi) is 12.2. The topological polar surface area (TPSA) is 0 Å². The third kappa shape index (κ3) is 6.16. The predicted octanol–water partition coefficient (Wildman–Crippen LogP) is -3.68. The molecule has 2 rings (SSSR count). The van der Waals surface area contributed by atoms with E-state index in [4.69, 9.17) is 0 Å². The van der Waals surface area contributed by atoms with Crippen molar-refractivity contribution in [3.05, 3.63) is 60.7 Å². The van der Waals surface area contributed by atoms with E-state index in [1.165, 1.54) is 10.6 Å². The Morgan fingerprint density at radius 1 is 0.562 bits per heavy atom. The zero-order chi connectivity index (χ0) is 8.93. The second kappa shape index (κ2) is 10.5. The standard InChI is InChI=1S/C12H11P.2ClH.Zr/c1-3-7-11(8-4-1)13-12-9-5-2-6-10-12;;;/h1-10,13H;2*1H;/q;;;+2/p-2. The van der Waals surface area contributed by atoms with E-state index >= 15 is 0 Å². The summed E-state index contributed by atoms with van der Waals surface area (Å²) in [6.07, 6.45) is 0. The molecule has 2 aromatic rings. The van der Waals surface area contributed by atoms with Crippen molar-refractivity contribution >= 4 is 19.2 Å². The van der Waals surface area contributed by atoms with Gasteiger partial charge < -0.3 is 24.8 Å². The van der Waals surface area contributed by atoms with E-state index in [9.17, 15) is 0 Å². The Hall–Kier alpha value is 0.333. The van der Waals surface area contributed by atoms with Crippen LogP contribution in [-0.2, 0) is 26.2 Å². The van der Waals surface area contributed by atoms with Crippen LogP contribution in [0.15, 0.2) is 60.7 Å². The average Bonchev–Trinajstić information content (AvgIpc) is 2.21. The molecule has 0 N–H and O–H groups in total. The molecule has 0 saturated heterocycles. The fourth-order valence-corrected chi connectivity index (χ4v) is 2.26. The van der Waals surface area contributed by atoms with Gasteiger partial charge in [-0.05, 0) is 10.6 Å². The van der Waals surface area contributed by atoms with Crippen LogP contribution in [0.1, 0.15) is 0 Å². The maximum absolute atomic E-state index is 2.17. The van der Waals surface area contributed by atoms with Crippen molar-refractivity contribution in [2.24, 2.45) is 0 Å². The molecule has 16 heavy (non-hydrogen) atoms. The monoisotopic (exact) mass is 346 g/mol. The summed E-state index contributed by atoms with van der Waals surface area (Å²) in [5, 5.41) is 2.79. The molecule has 0 bridgehead atoms. The van der Waals surface area contributed by atoms with Crippen molar-refractivity contribution in [3.8, 4) is 0 Å². The smallest absolute Gasteiger partial charge is 1.00 e. The first kappa shape index (κ1) is 18.7. The predicted molar refractivity (Wildman–Crippen MR) is 60.5 cm³/mol. The molecule has 0 radical (unpaired) electrons. The van der Waals surface area contributed by atoms with E-state index < -0.39 is 0 Å². The average molecular weight is 348 g/mol. The number of hydrogen-bond acceptors (Lipinski definition) is 0. The molecule has 0 unspecified atom stereocenters. The molecule has 0 aliphatic rings. The van der Waals surface area contributed by atoms with Crippen LogP contribution >= 0.6 is 8.58 Å². The molecule has 4 heteroatoms. The Bertz CT molecular complexity index is 330. The van der Waals surface area contributed by atoms with Gasteiger partial charge in [0.1, 0.15) is 0 Å². The second-order valence-electron chi connectivity index (χ2n) is 2.86. The van der Waals surface area contributed by atoms with Gasteiger partial charge in [-0.1, -0.05) is 69.2 Å². The SMILES string of the molecule is [Cl-].[Cl-].[Zr+2].c1ccc(Pc2ccccc2)cc1. The minimum Gasteiger partial charge on any atom is -1.00 e. The molecule has 0 aliphatic carbocycles. The van der Waals surface area contributed by atoms with E-state index in [1.807, 2.05) is 0 Å². The van der Waals surface area contributed by atoms with E-state index in [0.29, 0.717) is 0 Å². The number of rotatable bonds is 2. The molecule has 0 aliphatic heterocycles. The van der Waals surface area contributed by atoms with Gasteiger partial charge in [0.05, 0.1) is 0 Å². The molecule has 0 fully saturated rings. The summed E-state index contributed by atoms with van der Waals surface area (Å²) in [4.78, 5) is 0. The molecular formula is C12H11Cl2PZr. The van der Waals surface area contributed by atoms with Crippen LogP contribution in [0.5, 0.6) is 0 Å². The van der Waals surface area contributed by atoms with Gasteiger partial charge in [-0.25, -0.2) is 0 Å². The zero-order valence-electron chi connectivity index (χ0n) is 8.53. The van der Waals surface area contributed by atoms with E-state index in [0.717, 1.165) is 8.58 Å². The molecule has 0 spiro atoms. The molecule has 0 aromatic heterocycles. The molecule has 0 nitrogen and oxygen atoms in total. The maximum Gasteiger partial charge on any atom is 2.00 e. The summed E-state index contributed by atoms with van der Waals surface area (Å²) in [6, 6.07) is 21.2. The first-order valence-electron chi connectivity index (χ1n) is 4.32. The van der Waals surface area contributed by atoms with E-state index in [1.54, 1.807) is 0 Å². The molecule has 0 heterocycles. The van der Waals surface area contributed by atoms with E-state index in [2.05, 4.69) is 60.7 Å². The van der Waals surface area contributed by atoms with Gasteiger partial charge in [0, 0.05) is 0 Å². The summed E-state index contributed by atoms with van der Waals surface area (Å²) in [6.45, 7) is 0. The largest absolute Gasteiger partial charge is 2.00 e. The van der Waals surface area contributed by atoms with Crippen LogP contribution < -0.4 is 35.4 Å². The summed E-state index contributed by atoms with van der Waals surface area (Å²) < 4.78 is 0. The Morgan fingerprint density at radius 3 is 1.19 bits per heavy atom. The van der Waals surface area contributed by atoms with Gasteiger partial charge >= 0.3 is 26.2 Å². The molecule has 82 valence electrons. The molecule has 0 saturated carbocycles. The second-order valence-corrected chi connectivity index (χ2v) is 4.26.